The second kappa shape index (κ2) is 10.5. The van der Waals surface area contributed by atoms with Crippen molar-refractivity contribution in [2.45, 2.75) is 33.2 Å². The van der Waals surface area contributed by atoms with Gasteiger partial charge in [0.15, 0.2) is 5.13 Å². The first-order chi connectivity index (χ1) is 14.5. The molecule has 3 aromatic heterocycles. The molecule has 9 heteroatoms. The summed E-state index contributed by atoms with van der Waals surface area (Å²) < 4.78 is 5.15. The predicted molar refractivity (Wildman–Crippen MR) is 120 cm³/mol. The zero-order valence-corrected chi connectivity index (χ0v) is 18.9. The monoisotopic (exact) mass is 446 g/mol. The standard InChI is InChI=1S/C21H26N4O3S2/c1-4-25(5-2)18(15-7-9-29-12-15)11-22-19(26)10-16-13-30-21(23-16)24-20(27)17-6-8-28-14(17)3/h6-9,12-13,18H,4-5,10-11H2,1-3H3,(H,22,26)(H,23,24,27). The molecule has 0 saturated carbocycles. The van der Waals surface area contributed by atoms with E-state index in [0.717, 1.165) is 13.1 Å². The molecule has 0 aliphatic rings. The molecular formula is C21H26N4O3S2. The third kappa shape index (κ3) is 5.56. The van der Waals surface area contributed by atoms with E-state index < -0.39 is 0 Å². The quantitative estimate of drug-likeness (QED) is 0.490. The maximum atomic E-state index is 12.5. The first-order valence-corrected chi connectivity index (χ1v) is 11.7. The number of carbonyl (C=O) groups is 2. The van der Waals surface area contributed by atoms with Gasteiger partial charge in [-0.05, 0) is 48.5 Å². The summed E-state index contributed by atoms with van der Waals surface area (Å²) in [5, 5.41) is 12.2. The van der Waals surface area contributed by atoms with Crippen LogP contribution in [0.25, 0.3) is 0 Å². The molecule has 0 spiro atoms. The highest BCUT2D eigenvalue weighted by atomic mass is 32.1. The number of carbonyl (C=O) groups excluding carboxylic acids is 2. The lowest BCUT2D eigenvalue weighted by atomic mass is 10.1. The summed E-state index contributed by atoms with van der Waals surface area (Å²) >= 11 is 2.96. The van der Waals surface area contributed by atoms with Crippen LogP contribution in [0.5, 0.6) is 0 Å². The number of thiazole rings is 1. The number of anilines is 1. The first kappa shape index (κ1) is 22.2. The number of hydrogen-bond donors (Lipinski definition) is 2. The summed E-state index contributed by atoms with van der Waals surface area (Å²) in [4.78, 5) is 31.4. The molecule has 1 atom stereocenters. The predicted octanol–water partition coefficient (Wildman–Crippen LogP) is 4.10. The molecule has 3 rings (SSSR count). The SMILES string of the molecule is CCN(CC)C(CNC(=O)Cc1csc(NC(=O)c2ccoc2C)n1)c1ccsc1. The molecule has 3 aromatic rings. The van der Waals surface area contributed by atoms with Gasteiger partial charge in [0.2, 0.25) is 5.91 Å². The van der Waals surface area contributed by atoms with Gasteiger partial charge in [0.25, 0.3) is 5.91 Å². The molecule has 0 aliphatic heterocycles. The fourth-order valence-corrected chi connectivity index (χ4v) is 4.67. The fourth-order valence-electron chi connectivity index (χ4n) is 3.25. The Labute approximate surface area is 184 Å². The smallest absolute Gasteiger partial charge is 0.260 e. The second-order valence-corrected chi connectivity index (χ2v) is 8.40. The lowest BCUT2D eigenvalue weighted by molar-refractivity contribution is -0.120. The number of furan rings is 1. The van der Waals surface area contributed by atoms with Gasteiger partial charge in [0.1, 0.15) is 5.76 Å². The summed E-state index contributed by atoms with van der Waals surface area (Å²) in [6.07, 6.45) is 1.65. The molecule has 160 valence electrons. The maximum Gasteiger partial charge on any atom is 0.260 e. The lowest BCUT2D eigenvalue weighted by Gasteiger charge is -2.29. The maximum absolute atomic E-state index is 12.5. The summed E-state index contributed by atoms with van der Waals surface area (Å²) in [6, 6.07) is 3.88. The number of aryl methyl sites for hydroxylation is 1. The van der Waals surface area contributed by atoms with Crippen LogP contribution in [0.15, 0.2) is 39.0 Å². The van der Waals surface area contributed by atoms with Crippen molar-refractivity contribution < 1.29 is 14.0 Å². The van der Waals surface area contributed by atoms with Gasteiger partial charge in [0, 0.05) is 11.9 Å². The van der Waals surface area contributed by atoms with E-state index >= 15 is 0 Å². The van der Waals surface area contributed by atoms with Gasteiger partial charge in [-0.1, -0.05) is 13.8 Å². The minimum Gasteiger partial charge on any atom is -0.469 e. The second-order valence-electron chi connectivity index (χ2n) is 6.76. The topological polar surface area (TPSA) is 87.5 Å². The first-order valence-electron chi connectivity index (χ1n) is 9.84. The van der Waals surface area contributed by atoms with Crippen molar-refractivity contribution in [3.63, 3.8) is 0 Å². The zero-order chi connectivity index (χ0) is 21.5. The van der Waals surface area contributed by atoms with Gasteiger partial charge in [0.05, 0.1) is 30.0 Å². The molecule has 7 nitrogen and oxygen atoms in total. The average Bonchev–Trinajstić information content (AvgIpc) is 3.48. The zero-order valence-electron chi connectivity index (χ0n) is 17.3. The highest BCUT2D eigenvalue weighted by molar-refractivity contribution is 7.14. The number of likely N-dealkylation sites (N-methyl/N-ethyl adjacent to an activating group) is 1. The molecule has 3 heterocycles. The molecule has 0 saturated heterocycles. The summed E-state index contributed by atoms with van der Waals surface area (Å²) in [5.41, 5.74) is 2.32. The Hall–Kier alpha value is -2.49. The average molecular weight is 447 g/mol. The molecule has 1 unspecified atom stereocenters. The Morgan fingerprint density at radius 3 is 2.67 bits per heavy atom. The number of nitrogens with zero attached hydrogens (tertiary/aromatic N) is 2. The molecule has 0 fully saturated rings. The van der Waals surface area contributed by atoms with Gasteiger partial charge < -0.3 is 9.73 Å². The minimum atomic E-state index is -0.274. The van der Waals surface area contributed by atoms with Crippen molar-refractivity contribution in [1.29, 1.82) is 0 Å². The number of nitrogens with one attached hydrogen (secondary N) is 2. The Balaban J connectivity index is 1.55. The normalized spacial score (nSPS) is 12.1. The number of thiophene rings is 1. The molecule has 0 aliphatic carbocycles. The molecule has 0 aromatic carbocycles. The third-order valence-corrected chi connectivity index (χ3v) is 6.40. The minimum absolute atomic E-state index is 0.0868. The molecule has 2 N–H and O–H groups in total. The molecule has 2 amide bonds. The van der Waals surface area contributed by atoms with Crippen LogP contribution in [0.3, 0.4) is 0 Å². The van der Waals surface area contributed by atoms with Gasteiger partial charge in [-0.3, -0.25) is 19.8 Å². The number of hydrogen-bond acceptors (Lipinski definition) is 7. The molecular weight excluding hydrogens is 420 g/mol. The van der Waals surface area contributed by atoms with Crippen molar-refractivity contribution >= 4 is 39.6 Å². The highest BCUT2D eigenvalue weighted by Gasteiger charge is 2.20. The van der Waals surface area contributed by atoms with Crippen molar-refractivity contribution in [3.05, 3.63) is 57.1 Å². The van der Waals surface area contributed by atoms with Crippen LogP contribution in [-0.4, -0.2) is 41.3 Å². The summed E-state index contributed by atoms with van der Waals surface area (Å²) in [6.45, 7) is 8.36. The van der Waals surface area contributed by atoms with Crippen molar-refractivity contribution in [1.82, 2.24) is 15.2 Å². The lowest BCUT2D eigenvalue weighted by Crippen LogP contribution is -2.38. The third-order valence-electron chi connectivity index (χ3n) is 4.89. The van der Waals surface area contributed by atoms with Crippen LogP contribution < -0.4 is 10.6 Å². The van der Waals surface area contributed by atoms with Crippen molar-refractivity contribution in [3.8, 4) is 0 Å². The van der Waals surface area contributed by atoms with Crippen LogP contribution in [0, 0.1) is 6.92 Å². The number of rotatable bonds is 10. The van der Waals surface area contributed by atoms with Crippen LogP contribution in [0.1, 0.15) is 47.3 Å². The summed E-state index contributed by atoms with van der Waals surface area (Å²) in [7, 11) is 0. The van der Waals surface area contributed by atoms with Crippen LogP contribution in [0.2, 0.25) is 0 Å². The molecule has 30 heavy (non-hydrogen) atoms. The largest absolute Gasteiger partial charge is 0.469 e. The van der Waals surface area contributed by atoms with E-state index in [4.69, 9.17) is 4.42 Å². The van der Waals surface area contributed by atoms with E-state index in [1.807, 2.05) is 0 Å². The van der Waals surface area contributed by atoms with E-state index in [0.29, 0.717) is 28.7 Å². The van der Waals surface area contributed by atoms with Crippen molar-refractivity contribution in [2.75, 3.05) is 25.0 Å². The van der Waals surface area contributed by atoms with Gasteiger partial charge in [-0.25, -0.2) is 4.98 Å². The highest BCUT2D eigenvalue weighted by Crippen LogP contribution is 2.22. The molecule has 0 radical (unpaired) electrons. The van der Waals surface area contributed by atoms with Crippen LogP contribution >= 0.6 is 22.7 Å². The van der Waals surface area contributed by atoms with Crippen LogP contribution in [0.4, 0.5) is 5.13 Å². The van der Waals surface area contributed by atoms with E-state index in [2.05, 4.69) is 51.2 Å². The van der Waals surface area contributed by atoms with Crippen LogP contribution in [-0.2, 0) is 11.2 Å². The Kier molecular flexibility index (Phi) is 7.78. The Bertz CT molecular complexity index is 961. The molecule has 0 bridgehead atoms. The number of amides is 2. The van der Waals surface area contributed by atoms with Gasteiger partial charge in [-0.15, -0.1) is 11.3 Å². The van der Waals surface area contributed by atoms with E-state index in [1.165, 1.54) is 23.2 Å². The van der Waals surface area contributed by atoms with Gasteiger partial charge in [-0.2, -0.15) is 11.3 Å². The van der Waals surface area contributed by atoms with E-state index in [9.17, 15) is 9.59 Å². The summed E-state index contributed by atoms with van der Waals surface area (Å²) in [5.74, 6) is 0.192. The van der Waals surface area contributed by atoms with E-state index in [-0.39, 0.29) is 24.3 Å². The van der Waals surface area contributed by atoms with Gasteiger partial charge >= 0.3 is 0 Å². The fraction of sp³-hybridized carbons (Fsp3) is 0.381. The Morgan fingerprint density at radius 2 is 2.03 bits per heavy atom. The van der Waals surface area contributed by atoms with E-state index in [1.54, 1.807) is 29.7 Å². The Morgan fingerprint density at radius 1 is 1.23 bits per heavy atom. The number of aromatic nitrogens is 1. The van der Waals surface area contributed by atoms with Crippen molar-refractivity contribution in [2.24, 2.45) is 0 Å².